The highest BCUT2D eigenvalue weighted by Crippen LogP contribution is 2.27. The molecule has 18 heavy (non-hydrogen) atoms. The maximum Gasteiger partial charge on any atom is 0.233 e. The summed E-state index contributed by atoms with van der Waals surface area (Å²) >= 11 is 0. The SMILES string of the molecule is CC(C)CCNC(=O)CNC1CN2CCC1CC2. The molecular weight excluding hydrogens is 226 g/mol. The van der Waals surface area contributed by atoms with Crippen molar-refractivity contribution in [3.8, 4) is 0 Å². The van der Waals surface area contributed by atoms with Crippen LogP contribution in [0.5, 0.6) is 0 Å². The molecule has 3 aliphatic heterocycles. The fraction of sp³-hybridized carbons (Fsp3) is 0.929. The second kappa shape index (κ2) is 6.53. The quantitative estimate of drug-likeness (QED) is 0.737. The van der Waals surface area contributed by atoms with Crippen LogP contribution in [0.3, 0.4) is 0 Å². The highest BCUT2D eigenvalue weighted by Gasteiger charge is 2.33. The highest BCUT2D eigenvalue weighted by atomic mass is 16.1. The molecule has 3 heterocycles. The summed E-state index contributed by atoms with van der Waals surface area (Å²) < 4.78 is 0. The molecule has 4 heteroatoms. The van der Waals surface area contributed by atoms with Gasteiger partial charge >= 0.3 is 0 Å². The zero-order chi connectivity index (χ0) is 13.0. The van der Waals surface area contributed by atoms with Crippen LogP contribution in [0.4, 0.5) is 0 Å². The number of amides is 1. The fourth-order valence-electron chi connectivity index (χ4n) is 2.98. The smallest absolute Gasteiger partial charge is 0.233 e. The van der Waals surface area contributed by atoms with E-state index in [9.17, 15) is 4.79 Å². The summed E-state index contributed by atoms with van der Waals surface area (Å²) in [6, 6.07) is 0.531. The molecule has 0 radical (unpaired) electrons. The summed E-state index contributed by atoms with van der Waals surface area (Å²) in [7, 11) is 0. The third-order valence-electron chi connectivity index (χ3n) is 4.22. The van der Waals surface area contributed by atoms with Gasteiger partial charge in [-0.15, -0.1) is 0 Å². The minimum atomic E-state index is 0.145. The number of hydrogen-bond donors (Lipinski definition) is 2. The third-order valence-corrected chi connectivity index (χ3v) is 4.22. The van der Waals surface area contributed by atoms with E-state index < -0.39 is 0 Å². The number of carbonyl (C=O) groups is 1. The summed E-state index contributed by atoms with van der Waals surface area (Å²) in [5.41, 5.74) is 0. The second-order valence-corrected chi connectivity index (χ2v) is 6.16. The van der Waals surface area contributed by atoms with E-state index in [1.807, 2.05) is 0 Å². The molecule has 3 rings (SSSR count). The van der Waals surface area contributed by atoms with Crippen LogP contribution in [0.1, 0.15) is 33.1 Å². The number of carbonyl (C=O) groups excluding carboxylic acids is 1. The van der Waals surface area contributed by atoms with Gasteiger partial charge in [-0.3, -0.25) is 4.79 Å². The summed E-state index contributed by atoms with van der Waals surface area (Å²) in [6.07, 6.45) is 3.66. The average molecular weight is 253 g/mol. The summed E-state index contributed by atoms with van der Waals surface area (Å²) in [6.45, 7) is 9.28. The summed E-state index contributed by atoms with van der Waals surface area (Å²) in [5.74, 6) is 1.59. The Labute approximate surface area is 110 Å². The first-order chi connectivity index (χ1) is 8.65. The Morgan fingerprint density at radius 1 is 1.33 bits per heavy atom. The zero-order valence-electron chi connectivity index (χ0n) is 11.7. The molecule has 0 aliphatic carbocycles. The Balaban J connectivity index is 1.61. The summed E-state index contributed by atoms with van der Waals surface area (Å²) in [5, 5.41) is 6.42. The molecule has 3 saturated heterocycles. The van der Waals surface area contributed by atoms with E-state index in [-0.39, 0.29) is 5.91 Å². The number of fused-ring (bicyclic) bond motifs is 3. The van der Waals surface area contributed by atoms with Gasteiger partial charge < -0.3 is 15.5 Å². The molecule has 3 fully saturated rings. The topological polar surface area (TPSA) is 44.4 Å². The van der Waals surface area contributed by atoms with Gasteiger partial charge in [0.15, 0.2) is 0 Å². The molecule has 4 nitrogen and oxygen atoms in total. The molecule has 3 aliphatic rings. The van der Waals surface area contributed by atoms with Crippen LogP contribution in [-0.4, -0.2) is 49.6 Å². The van der Waals surface area contributed by atoms with Crippen molar-refractivity contribution in [2.24, 2.45) is 11.8 Å². The lowest BCUT2D eigenvalue weighted by molar-refractivity contribution is -0.120. The molecular formula is C14H27N3O. The van der Waals surface area contributed by atoms with Crippen molar-refractivity contribution in [1.82, 2.24) is 15.5 Å². The fourth-order valence-corrected chi connectivity index (χ4v) is 2.98. The summed E-state index contributed by atoms with van der Waals surface area (Å²) in [4.78, 5) is 14.2. The molecule has 2 bridgehead atoms. The largest absolute Gasteiger partial charge is 0.355 e. The lowest BCUT2D eigenvalue weighted by Gasteiger charge is -2.45. The van der Waals surface area contributed by atoms with Gasteiger partial charge in [-0.2, -0.15) is 0 Å². The molecule has 0 aromatic heterocycles. The van der Waals surface area contributed by atoms with Crippen molar-refractivity contribution in [2.45, 2.75) is 39.2 Å². The second-order valence-electron chi connectivity index (χ2n) is 6.16. The number of rotatable bonds is 6. The van der Waals surface area contributed by atoms with Crippen molar-refractivity contribution >= 4 is 5.91 Å². The Morgan fingerprint density at radius 3 is 2.61 bits per heavy atom. The van der Waals surface area contributed by atoms with Crippen LogP contribution >= 0.6 is 0 Å². The average Bonchev–Trinajstić information content (AvgIpc) is 2.37. The minimum absolute atomic E-state index is 0.145. The molecule has 0 saturated carbocycles. The lowest BCUT2D eigenvalue weighted by Crippen LogP contribution is -2.57. The lowest BCUT2D eigenvalue weighted by atomic mass is 9.84. The molecule has 1 atom stereocenters. The Morgan fingerprint density at radius 2 is 2.06 bits per heavy atom. The molecule has 1 amide bonds. The van der Waals surface area contributed by atoms with E-state index in [2.05, 4.69) is 29.4 Å². The molecule has 1 unspecified atom stereocenters. The van der Waals surface area contributed by atoms with Gasteiger partial charge in [0.25, 0.3) is 0 Å². The van der Waals surface area contributed by atoms with E-state index in [4.69, 9.17) is 0 Å². The monoisotopic (exact) mass is 253 g/mol. The van der Waals surface area contributed by atoms with Crippen molar-refractivity contribution in [2.75, 3.05) is 32.7 Å². The van der Waals surface area contributed by atoms with E-state index in [0.29, 0.717) is 18.5 Å². The van der Waals surface area contributed by atoms with Crippen molar-refractivity contribution in [3.05, 3.63) is 0 Å². The van der Waals surface area contributed by atoms with Gasteiger partial charge in [0.2, 0.25) is 5.91 Å². The first-order valence-electron chi connectivity index (χ1n) is 7.37. The van der Waals surface area contributed by atoms with Crippen LogP contribution in [-0.2, 0) is 4.79 Å². The van der Waals surface area contributed by atoms with Gasteiger partial charge in [0.05, 0.1) is 6.54 Å². The van der Waals surface area contributed by atoms with E-state index in [1.165, 1.54) is 25.9 Å². The van der Waals surface area contributed by atoms with Gasteiger partial charge in [0.1, 0.15) is 0 Å². The van der Waals surface area contributed by atoms with Crippen LogP contribution in [0, 0.1) is 11.8 Å². The van der Waals surface area contributed by atoms with Gasteiger partial charge in [-0.05, 0) is 44.2 Å². The highest BCUT2D eigenvalue weighted by molar-refractivity contribution is 5.77. The van der Waals surface area contributed by atoms with Gasteiger partial charge in [-0.1, -0.05) is 13.8 Å². The van der Waals surface area contributed by atoms with Crippen molar-refractivity contribution < 1.29 is 4.79 Å². The Hall–Kier alpha value is -0.610. The van der Waals surface area contributed by atoms with E-state index in [1.54, 1.807) is 0 Å². The van der Waals surface area contributed by atoms with Crippen LogP contribution in [0.25, 0.3) is 0 Å². The Bertz CT molecular complexity index is 272. The third kappa shape index (κ3) is 3.95. The number of nitrogens with one attached hydrogen (secondary N) is 2. The molecule has 0 aromatic rings. The van der Waals surface area contributed by atoms with Gasteiger partial charge in [-0.25, -0.2) is 0 Å². The molecule has 0 spiro atoms. The maximum atomic E-state index is 11.7. The first-order valence-corrected chi connectivity index (χ1v) is 7.37. The van der Waals surface area contributed by atoms with E-state index >= 15 is 0 Å². The first kappa shape index (κ1) is 13.8. The molecule has 0 aromatic carbocycles. The van der Waals surface area contributed by atoms with Crippen molar-refractivity contribution in [1.29, 1.82) is 0 Å². The number of piperidine rings is 3. The standard InChI is InChI=1S/C14H27N3O/c1-11(2)3-6-15-14(18)9-16-13-10-17-7-4-12(13)5-8-17/h11-13,16H,3-10H2,1-2H3,(H,15,18). The number of nitrogens with zero attached hydrogens (tertiary/aromatic N) is 1. The number of hydrogen-bond acceptors (Lipinski definition) is 3. The zero-order valence-corrected chi connectivity index (χ0v) is 11.7. The van der Waals surface area contributed by atoms with E-state index in [0.717, 1.165) is 25.4 Å². The Kier molecular flexibility index (Phi) is 5.01. The normalized spacial score (nSPS) is 30.7. The van der Waals surface area contributed by atoms with Crippen LogP contribution in [0.2, 0.25) is 0 Å². The van der Waals surface area contributed by atoms with Crippen molar-refractivity contribution in [3.63, 3.8) is 0 Å². The van der Waals surface area contributed by atoms with Gasteiger partial charge in [0, 0.05) is 19.1 Å². The van der Waals surface area contributed by atoms with Crippen LogP contribution < -0.4 is 10.6 Å². The molecule has 2 N–H and O–H groups in total. The maximum absolute atomic E-state index is 11.7. The molecule has 104 valence electrons. The van der Waals surface area contributed by atoms with Crippen LogP contribution in [0.15, 0.2) is 0 Å². The predicted molar refractivity (Wildman–Crippen MR) is 73.4 cm³/mol. The predicted octanol–water partition coefficient (Wildman–Crippen LogP) is 0.833. The minimum Gasteiger partial charge on any atom is -0.355 e.